The number of carbonyl (C=O) groups is 1. The van der Waals surface area contributed by atoms with Gasteiger partial charge in [-0.15, -0.1) is 34.0 Å². The van der Waals surface area contributed by atoms with E-state index in [4.69, 9.17) is 4.74 Å². The lowest BCUT2D eigenvalue weighted by Crippen LogP contribution is -2.04. The molecule has 0 fully saturated rings. The molecular formula is C18H16O2S3. The van der Waals surface area contributed by atoms with E-state index in [9.17, 15) is 4.79 Å². The summed E-state index contributed by atoms with van der Waals surface area (Å²) in [5.74, 6) is -0.251. The maximum Gasteiger partial charge on any atom is 0.333 e. The van der Waals surface area contributed by atoms with Gasteiger partial charge in [-0.25, -0.2) is 4.79 Å². The summed E-state index contributed by atoms with van der Waals surface area (Å²) in [6, 6.07) is 12.7. The second kappa shape index (κ2) is 7.25. The zero-order valence-electron chi connectivity index (χ0n) is 12.9. The van der Waals surface area contributed by atoms with E-state index in [1.165, 1.54) is 19.5 Å². The molecule has 0 aliphatic carbocycles. The molecule has 0 aliphatic heterocycles. The maximum atomic E-state index is 11.7. The molecule has 3 aromatic heterocycles. The first kappa shape index (κ1) is 16.2. The predicted molar refractivity (Wildman–Crippen MR) is 100 cm³/mol. The minimum atomic E-state index is -0.251. The Hall–Kier alpha value is -1.69. The summed E-state index contributed by atoms with van der Waals surface area (Å²) in [6.45, 7) is 3.93. The molecule has 3 aromatic rings. The first-order valence-corrected chi connectivity index (χ1v) is 9.71. The van der Waals surface area contributed by atoms with Crippen molar-refractivity contribution in [3.8, 4) is 19.5 Å². The fourth-order valence-electron chi connectivity index (χ4n) is 1.98. The Labute approximate surface area is 147 Å². The average Bonchev–Trinajstić information content (AvgIpc) is 3.31. The molecule has 0 radical (unpaired) electrons. The highest BCUT2D eigenvalue weighted by Gasteiger charge is 2.10. The maximum absolute atomic E-state index is 11.7. The van der Waals surface area contributed by atoms with Gasteiger partial charge in [0.1, 0.15) is 6.61 Å². The van der Waals surface area contributed by atoms with Gasteiger partial charge in [0.25, 0.3) is 0 Å². The number of hydrogen-bond donors (Lipinski definition) is 0. The second-order valence-corrected chi connectivity index (χ2v) is 8.15. The Morgan fingerprint density at radius 2 is 1.74 bits per heavy atom. The van der Waals surface area contributed by atoms with E-state index in [2.05, 4.69) is 35.7 Å². The van der Waals surface area contributed by atoms with Crippen LogP contribution in [0.15, 0.2) is 53.4 Å². The first-order chi connectivity index (χ1) is 11.2. The van der Waals surface area contributed by atoms with Gasteiger partial charge in [0.05, 0.1) is 0 Å². The minimum Gasteiger partial charge on any atom is -0.457 e. The van der Waals surface area contributed by atoms with Crippen molar-refractivity contribution in [3.63, 3.8) is 0 Å². The third kappa shape index (κ3) is 3.80. The molecule has 0 aliphatic rings. The first-order valence-electron chi connectivity index (χ1n) is 7.20. The van der Waals surface area contributed by atoms with Crippen LogP contribution in [0.5, 0.6) is 0 Å². The molecule has 118 valence electrons. The molecule has 3 rings (SSSR count). The number of ether oxygens (including phenoxy) is 1. The van der Waals surface area contributed by atoms with Crippen LogP contribution in [0.3, 0.4) is 0 Å². The molecule has 0 aromatic carbocycles. The normalized spacial score (nSPS) is 11.7. The Bertz CT molecular complexity index is 822. The Kier molecular flexibility index (Phi) is 5.10. The largest absolute Gasteiger partial charge is 0.457 e. The monoisotopic (exact) mass is 360 g/mol. The molecule has 5 heteroatoms. The highest BCUT2D eigenvalue weighted by atomic mass is 32.1. The molecule has 0 unspecified atom stereocenters. The molecule has 23 heavy (non-hydrogen) atoms. The second-order valence-electron chi connectivity index (χ2n) is 4.95. The van der Waals surface area contributed by atoms with Gasteiger partial charge in [-0.3, -0.25) is 0 Å². The molecule has 2 nitrogen and oxygen atoms in total. The summed E-state index contributed by atoms with van der Waals surface area (Å²) in [5, 5.41) is 2.10. The summed E-state index contributed by atoms with van der Waals surface area (Å²) in [7, 11) is 0. The fraction of sp³-hybridized carbons (Fsp3) is 0.167. The van der Waals surface area contributed by atoms with Gasteiger partial charge in [0.2, 0.25) is 0 Å². The molecule has 0 N–H and O–H groups in total. The minimum absolute atomic E-state index is 0.251. The number of carbonyl (C=O) groups excluding carboxylic acids is 1. The zero-order chi connectivity index (χ0) is 16.2. The lowest BCUT2D eigenvalue weighted by Gasteiger charge is -2.02. The summed E-state index contributed by atoms with van der Waals surface area (Å²) < 4.78 is 5.30. The number of rotatable bonds is 5. The molecule has 0 atom stereocenters. The van der Waals surface area contributed by atoms with E-state index < -0.39 is 0 Å². The lowest BCUT2D eigenvalue weighted by atomic mass is 10.3. The molecule has 3 heterocycles. The summed E-state index contributed by atoms with van der Waals surface area (Å²) in [5.41, 5.74) is 0.639. The van der Waals surface area contributed by atoms with Crippen molar-refractivity contribution in [2.24, 2.45) is 0 Å². The van der Waals surface area contributed by atoms with Crippen LogP contribution in [0.1, 0.15) is 18.7 Å². The van der Waals surface area contributed by atoms with Crippen LogP contribution in [0.25, 0.3) is 19.5 Å². The van der Waals surface area contributed by atoms with E-state index in [0.29, 0.717) is 12.2 Å². The van der Waals surface area contributed by atoms with Crippen LogP contribution < -0.4 is 0 Å². The number of esters is 1. The van der Waals surface area contributed by atoms with E-state index in [-0.39, 0.29) is 5.97 Å². The number of hydrogen-bond acceptors (Lipinski definition) is 5. The van der Waals surface area contributed by atoms with Crippen molar-refractivity contribution in [1.82, 2.24) is 0 Å². The van der Waals surface area contributed by atoms with Crippen LogP contribution in [0, 0.1) is 0 Å². The Morgan fingerprint density at radius 1 is 1.04 bits per heavy atom. The number of allylic oxidation sites excluding steroid dienone is 1. The average molecular weight is 361 g/mol. The highest BCUT2D eigenvalue weighted by Crippen LogP contribution is 2.39. The molecular weight excluding hydrogens is 344 g/mol. The van der Waals surface area contributed by atoms with Crippen LogP contribution in [0.2, 0.25) is 0 Å². The highest BCUT2D eigenvalue weighted by molar-refractivity contribution is 7.26. The van der Waals surface area contributed by atoms with Crippen molar-refractivity contribution < 1.29 is 9.53 Å². The third-order valence-electron chi connectivity index (χ3n) is 3.38. The Morgan fingerprint density at radius 3 is 2.43 bits per heavy atom. The van der Waals surface area contributed by atoms with Crippen molar-refractivity contribution in [2.75, 3.05) is 0 Å². The van der Waals surface area contributed by atoms with Gasteiger partial charge in [-0.1, -0.05) is 12.1 Å². The topological polar surface area (TPSA) is 26.3 Å². The van der Waals surface area contributed by atoms with Crippen LogP contribution in [-0.4, -0.2) is 5.97 Å². The van der Waals surface area contributed by atoms with Crippen LogP contribution in [-0.2, 0) is 16.1 Å². The van der Waals surface area contributed by atoms with Gasteiger partial charge < -0.3 is 4.74 Å². The Balaban J connectivity index is 1.69. The van der Waals surface area contributed by atoms with Crippen molar-refractivity contribution in [1.29, 1.82) is 0 Å². The SMILES string of the molecule is C/C=C(\C)C(=O)OCc1ccc(-c2ccc(-c3cccs3)s2)s1. The van der Waals surface area contributed by atoms with Gasteiger partial charge >= 0.3 is 5.97 Å². The predicted octanol–water partition coefficient (Wildman–Crippen LogP) is 6.21. The molecule has 0 saturated carbocycles. The fourth-order valence-corrected chi connectivity index (χ4v) is 4.83. The number of thiophene rings is 3. The molecule has 0 spiro atoms. The smallest absolute Gasteiger partial charge is 0.333 e. The molecule has 0 bridgehead atoms. The van der Waals surface area contributed by atoms with E-state index in [1.54, 1.807) is 47.0 Å². The van der Waals surface area contributed by atoms with Gasteiger partial charge in [-0.2, -0.15) is 0 Å². The van der Waals surface area contributed by atoms with Gasteiger partial charge in [0, 0.05) is 30.0 Å². The summed E-state index contributed by atoms with van der Waals surface area (Å²) in [4.78, 5) is 17.8. The molecule has 0 amide bonds. The van der Waals surface area contributed by atoms with Crippen molar-refractivity contribution in [3.05, 3.63) is 58.3 Å². The van der Waals surface area contributed by atoms with Crippen molar-refractivity contribution >= 4 is 40.0 Å². The van der Waals surface area contributed by atoms with Crippen LogP contribution in [0.4, 0.5) is 0 Å². The summed E-state index contributed by atoms with van der Waals surface area (Å²) in [6.07, 6.45) is 1.76. The standard InChI is InChI=1S/C18H16O2S3/c1-3-12(2)18(19)20-11-13-6-7-16(22-13)17-9-8-15(23-17)14-5-4-10-21-14/h3-10H,11H2,1-2H3/b12-3+. The van der Waals surface area contributed by atoms with Gasteiger partial charge in [-0.05, 0) is 49.6 Å². The van der Waals surface area contributed by atoms with Crippen LogP contribution >= 0.6 is 34.0 Å². The zero-order valence-corrected chi connectivity index (χ0v) is 15.3. The molecule has 0 saturated heterocycles. The summed E-state index contributed by atoms with van der Waals surface area (Å²) >= 11 is 5.23. The quantitative estimate of drug-likeness (QED) is 0.399. The van der Waals surface area contributed by atoms with E-state index in [0.717, 1.165) is 4.88 Å². The van der Waals surface area contributed by atoms with E-state index >= 15 is 0 Å². The lowest BCUT2D eigenvalue weighted by molar-refractivity contribution is -0.140. The third-order valence-corrected chi connectivity index (χ3v) is 6.78. The van der Waals surface area contributed by atoms with Crippen molar-refractivity contribution in [2.45, 2.75) is 20.5 Å². The van der Waals surface area contributed by atoms with Gasteiger partial charge in [0.15, 0.2) is 0 Å². The van der Waals surface area contributed by atoms with E-state index in [1.807, 2.05) is 13.0 Å².